The summed E-state index contributed by atoms with van der Waals surface area (Å²) in [6.45, 7) is 3.44. The Balaban J connectivity index is 0.00000181. The zero-order valence-electron chi connectivity index (χ0n) is 20.8. The summed E-state index contributed by atoms with van der Waals surface area (Å²) in [7, 11) is 1.00. The molecule has 8 nitrogen and oxygen atoms in total. The summed E-state index contributed by atoms with van der Waals surface area (Å²) in [4.78, 5) is 29.1. The lowest BCUT2D eigenvalue weighted by Gasteiger charge is -2.05. The van der Waals surface area contributed by atoms with Gasteiger partial charge in [0, 0.05) is 36.0 Å². The van der Waals surface area contributed by atoms with Crippen LogP contribution in [0.5, 0.6) is 0 Å². The van der Waals surface area contributed by atoms with Crippen LogP contribution in [0.4, 0.5) is 23.2 Å². The Bertz CT molecular complexity index is 1780. The molecule has 40 heavy (non-hydrogen) atoms. The van der Waals surface area contributed by atoms with Crippen LogP contribution in [0.1, 0.15) is 21.6 Å². The van der Waals surface area contributed by atoms with Crippen molar-refractivity contribution in [1.29, 1.82) is 0 Å². The monoisotopic (exact) mass is 551 g/mol. The first kappa shape index (κ1) is 27.9. The number of halogens is 4. The average molecular weight is 552 g/mol. The van der Waals surface area contributed by atoms with Crippen molar-refractivity contribution in [2.24, 2.45) is 9.98 Å². The lowest BCUT2D eigenvalue weighted by atomic mass is 10.0. The Hall–Kier alpha value is -5.10. The fraction of sp³-hybridized carbons (Fsp3) is 0.0714. The van der Waals surface area contributed by atoms with Gasteiger partial charge in [-0.1, -0.05) is 6.07 Å². The fourth-order valence-electron chi connectivity index (χ4n) is 3.94. The molecule has 4 N–H and O–H groups in total. The van der Waals surface area contributed by atoms with E-state index in [0.717, 1.165) is 19.2 Å². The predicted molar refractivity (Wildman–Crippen MR) is 146 cm³/mol. The summed E-state index contributed by atoms with van der Waals surface area (Å²) in [5.74, 6) is -1.64. The third kappa shape index (κ3) is 5.81. The normalized spacial score (nSPS) is 12.1. The molecule has 12 heteroatoms. The van der Waals surface area contributed by atoms with Crippen LogP contribution >= 0.6 is 0 Å². The highest BCUT2D eigenvalue weighted by Gasteiger charge is 2.30. The number of H-pyrrole nitrogens is 2. The van der Waals surface area contributed by atoms with E-state index < -0.39 is 23.5 Å². The number of nitrogens with one attached hydrogen (secondary N) is 2. The predicted octanol–water partition coefficient (Wildman–Crippen LogP) is 6.62. The number of allylic oxidation sites excluding steroid dienone is 1. The van der Waals surface area contributed by atoms with Crippen LogP contribution in [-0.4, -0.2) is 51.2 Å². The smallest absolute Gasteiger partial charge is 0.416 e. The number of imidazole rings is 1. The average Bonchev–Trinajstić information content (AvgIpc) is 3.55. The van der Waals surface area contributed by atoms with Crippen molar-refractivity contribution < 1.29 is 32.6 Å². The zero-order valence-corrected chi connectivity index (χ0v) is 20.8. The van der Waals surface area contributed by atoms with E-state index in [0.29, 0.717) is 27.7 Å². The van der Waals surface area contributed by atoms with Gasteiger partial charge in [0.05, 0.1) is 27.8 Å². The number of fused-ring (bicyclic) bond motifs is 2. The molecule has 5 rings (SSSR count). The lowest BCUT2D eigenvalue weighted by molar-refractivity contribution is -0.137. The van der Waals surface area contributed by atoms with Gasteiger partial charge in [-0.05, 0) is 66.9 Å². The van der Waals surface area contributed by atoms with Crippen molar-refractivity contribution in [2.45, 2.75) is 6.18 Å². The Morgan fingerprint density at radius 1 is 1.00 bits per heavy atom. The molecule has 2 heterocycles. The molecule has 0 aliphatic carbocycles. The van der Waals surface area contributed by atoms with E-state index in [4.69, 9.17) is 10.2 Å². The molecule has 0 saturated carbocycles. The van der Waals surface area contributed by atoms with Crippen LogP contribution in [0.3, 0.4) is 0 Å². The van der Waals surface area contributed by atoms with Gasteiger partial charge in [0.15, 0.2) is 0 Å². The number of carboxylic acid groups (broad SMARTS) is 1. The van der Waals surface area contributed by atoms with E-state index in [-0.39, 0.29) is 28.1 Å². The van der Waals surface area contributed by atoms with Crippen molar-refractivity contribution in [3.8, 4) is 11.4 Å². The number of aliphatic imine (C=N–C) groups is 2. The molecule has 204 valence electrons. The molecule has 0 aliphatic heterocycles. The van der Waals surface area contributed by atoms with Crippen molar-refractivity contribution in [3.05, 3.63) is 89.5 Å². The second-order valence-corrected chi connectivity index (χ2v) is 8.29. The highest BCUT2D eigenvalue weighted by molar-refractivity contribution is 6.11. The summed E-state index contributed by atoms with van der Waals surface area (Å²) in [5.41, 5.74) is 1.74. The second-order valence-electron chi connectivity index (χ2n) is 8.29. The number of aliphatic hydroxyl groups excluding tert-OH is 1. The number of carboxylic acids is 1. The van der Waals surface area contributed by atoms with E-state index >= 15 is 4.39 Å². The minimum atomic E-state index is -4.51. The number of hydrogen-bond acceptors (Lipinski definition) is 5. The summed E-state index contributed by atoms with van der Waals surface area (Å²) >= 11 is 0. The van der Waals surface area contributed by atoms with Gasteiger partial charge < -0.3 is 20.2 Å². The number of hydrogen-bond donors (Lipinski definition) is 4. The molecule has 0 fully saturated rings. The van der Waals surface area contributed by atoms with Gasteiger partial charge in [-0.15, -0.1) is 0 Å². The first-order valence-corrected chi connectivity index (χ1v) is 11.5. The van der Waals surface area contributed by atoms with E-state index in [1.165, 1.54) is 36.7 Å². The van der Waals surface area contributed by atoms with Gasteiger partial charge in [-0.25, -0.2) is 14.2 Å². The van der Waals surface area contributed by atoms with E-state index in [2.05, 4.69) is 31.7 Å². The van der Waals surface area contributed by atoms with Crippen molar-refractivity contribution in [1.82, 2.24) is 15.0 Å². The van der Waals surface area contributed by atoms with Gasteiger partial charge in [0.25, 0.3) is 0 Å². The third-order valence-corrected chi connectivity index (χ3v) is 5.78. The van der Waals surface area contributed by atoms with Crippen LogP contribution in [0.15, 0.2) is 76.8 Å². The molecule has 0 spiro atoms. The topological polar surface area (TPSA) is 127 Å². The fourth-order valence-corrected chi connectivity index (χ4v) is 3.94. The van der Waals surface area contributed by atoms with Crippen molar-refractivity contribution in [2.75, 3.05) is 7.11 Å². The summed E-state index contributed by atoms with van der Waals surface area (Å²) in [6, 6.07) is 14.0. The molecule has 0 radical (unpaired) electrons. The SMILES string of the molecule is C=N/C=C(\C=Nc1ccc2[nH]c(C(=O)O)cc2c1)c1ccc(-c2nc3ccc(C(F)(F)F)cc3[nH]2)c(F)c1.CO. The molecule has 0 amide bonds. The first-order valence-electron chi connectivity index (χ1n) is 11.5. The Morgan fingerprint density at radius 2 is 1.77 bits per heavy atom. The number of aromatic carboxylic acids is 1. The van der Waals surface area contributed by atoms with E-state index in [1.807, 2.05) is 0 Å². The van der Waals surface area contributed by atoms with Gasteiger partial charge >= 0.3 is 12.1 Å². The Morgan fingerprint density at radius 3 is 2.45 bits per heavy atom. The molecule has 0 bridgehead atoms. The molecule has 0 aliphatic rings. The molecule has 5 aromatic rings. The number of rotatable bonds is 6. The number of aromatic amines is 2. The third-order valence-electron chi connectivity index (χ3n) is 5.78. The molecule has 0 unspecified atom stereocenters. The zero-order chi connectivity index (χ0) is 29.0. The quantitative estimate of drug-likeness (QED) is 0.140. The van der Waals surface area contributed by atoms with Crippen molar-refractivity contribution in [3.63, 3.8) is 0 Å². The minimum Gasteiger partial charge on any atom is -0.477 e. The standard InChI is InChI=1S/C27H17F4N5O2.CH4O/c1-32-12-16(13-33-18-4-7-21-15(8-18)10-24(34-21)26(37)38)14-2-5-19(20(28)9-14)25-35-22-6-3-17(27(29,30)31)11-23(22)36-25;1-2/h2-13,34H,1H2,(H,35,36)(H,37,38);2H,1H3/b16-12+,33-13?;. The van der Waals surface area contributed by atoms with Crippen LogP contribution in [0.25, 0.3) is 38.9 Å². The largest absolute Gasteiger partial charge is 0.477 e. The first-order chi connectivity index (χ1) is 19.1. The maximum absolute atomic E-state index is 15.1. The van der Waals surface area contributed by atoms with Crippen LogP contribution in [-0.2, 0) is 6.18 Å². The Labute approximate surface area is 224 Å². The highest BCUT2D eigenvalue weighted by atomic mass is 19.4. The summed E-state index contributed by atoms with van der Waals surface area (Å²) in [6.07, 6.45) is -1.64. The summed E-state index contributed by atoms with van der Waals surface area (Å²) < 4.78 is 54.2. The molecule has 0 saturated heterocycles. The number of aromatic nitrogens is 3. The van der Waals surface area contributed by atoms with Gasteiger partial charge in [-0.3, -0.25) is 9.98 Å². The Kier molecular flexibility index (Phi) is 7.91. The van der Waals surface area contributed by atoms with Crippen LogP contribution < -0.4 is 0 Å². The van der Waals surface area contributed by atoms with Crippen LogP contribution in [0, 0.1) is 5.82 Å². The van der Waals surface area contributed by atoms with Gasteiger partial charge in [0.1, 0.15) is 17.3 Å². The second kappa shape index (κ2) is 11.3. The molecule has 3 aromatic carbocycles. The highest BCUT2D eigenvalue weighted by Crippen LogP contribution is 2.32. The number of carbonyl (C=O) groups is 1. The van der Waals surface area contributed by atoms with Gasteiger partial charge in [0.2, 0.25) is 0 Å². The van der Waals surface area contributed by atoms with Gasteiger partial charge in [-0.2, -0.15) is 13.2 Å². The van der Waals surface area contributed by atoms with Crippen molar-refractivity contribution >= 4 is 52.1 Å². The molecule has 0 atom stereocenters. The molecular weight excluding hydrogens is 530 g/mol. The summed E-state index contributed by atoms with van der Waals surface area (Å²) in [5, 5.41) is 16.8. The maximum atomic E-state index is 15.1. The number of nitrogens with zero attached hydrogens (tertiary/aromatic N) is 3. The van der Waals surface area contributed by atoms with E-state index in [1.54, 1.807) is 24.3 Å². The maximum Gasteiger partial charge on any atom is 0.416 e. The van der Waals surface area contributed by atoms with E-state index in [9.17, 15) is 18.0 Å². The lowest BCUT2D eigenvalue weighted by Crippen LogP contribution is -2.04. The number of alkyl halides is 3. The molecular formula is C28H21F4N5O3. The number of aliphatic hydroxyl groups is 1. The van der Waals surface area contributed by atoms with Crippen LogP contribution in [0.2, 0.25) is 0 Å². The molecule has 2 aromatic heterocycles. The number of benzene rings is 3. The minimum absolute atomic E-state index is 0.0541.